The summed E-state index contributed by atoms with van der Waals surface area (Å²) in [5.41, 5.74) is 6.25. The van der Waals surface area contributed by atoms with E-state index in [1.807, 2.05) is 48.9 Å². The lowest BCUT2D eigenvalue weighted by Gasteiger charge is -2.28. The van der Waals surface area contributed by atoms with Gasteiger partial charge < -0.3 is 14.4 Å². The lowest BCUT2D eigenvalue weighted by Crippen LogP contribution is -2.31. The van der Waals surface area contributed by atoms with Gasteiger partial charge in [0.25, 0.3) is 0 Å². The van der Waals surface area contributed by atoms with Gasteiger partial charge in [0.2, 0.25) is 5.88 Å². The van der Waals surface area contributed by atoms with Crippen LogP contribution in [0.15, 0.2) is 67.3 Å². The number of anilines is 1. The average molecular weight is 468 g/mol. The average Bonchev–Trinajstić information content (AvgIpc) is 3.52. The molecule has 0 unspecified atom stereocenters. The largest absolute Gasteiger partial charge is 0.497 e. The fourth-order valence-corrected chi connectivity index (χ4v) is 4.62. The first-order valence-electron chi connectivity index (χ1n) is 11.5. The minimum atomic E-state index is 0.557. The summed E-state index contributed by atoms with van der Waals surface area (Å²) in [6.07, 6.45) is 8.36. The quantitative estimate of drug-likeness (QED) is 0.377. The van der Waals surface area contributed by atoms with Crippen LogP contribution in [0.2, 0.25) is 0 Å². The molecule has 1 aliphatic heterocycles. The van der Waals surface area contributed by atoms with Crippen LogP contribution in [0, 0.1) is 0 Å². The molecule has 5 heterocycles. The van der Waals surface area contributed by atoms with E-state index in [1.54, 1.807) is 24.9 Å². The number of rotatable bonds is 6. The van der Waals surface area contributed by atoms with Gasteiger partial charge >= 0.3 is 0 Å². The molecule has 0 aliphatic carbocycles. The fourth-order valence-electron chi connectivity index (χ4n) is 4.62. The van der Waals surface area contributed by atoms with Crippen LogP contribution in [0.1, 0.15) is 16.8 Å². The number of fused-ring (bicyclic) bond motifs is 2. The second-order valence-electron chi connectivity index (χ2n) is 8.47. The predicted octanol–water partition coefficient (Wildman–Crippen LogP) is 3.62. The Morgan fingerprint density at radius 2 is 1.83 bits per heavy atom. The first-order chi connectivity index (χ1) is 17.2. The summed E-state index contributed by atoms with van der Waals surface area (Å²) in [5.74, 6) is 2.33. The molecular formula is C26H25N7O2. The summed E-state index contributed by atoms with van der Waals surface area (Å²) in [7, 11) is 3.30. The number of benzene rings is 1. The SMILES string of the molecule is COc1ccc(Cn2ncc3c2CCN(c2ccn4ncc(-c5cccnc5OC)c4n2)C3)cc1. The Hall–Kier alpha value is -4.40. The summed E-state index contributed by atoms with van der Waals surface area (Å²) < 4.78 is 14.6. The molecule has 0 spiro atoms. The molecule has 1 aliphatic rings. The van der Waals surface area contributed by atoms with E-state index in [0.29, 0.717) is 5.88 Å². The van der Waals surface area contributed by atoms with Crippen molar-refractivity contribution in [3.63, 3.8) is 0 Å². The lowest BCUT2D eigenvalue weighted by atomic mass is 10.1. The number of ether oxygens (including phenoxy) is 2. The van der Waals surface area contributed by atoms with E-state index >= 15 is 0 Å². The van der Waals surface area contributed by atoms with Gasteiger partial charge in [-0.05, 0) is 35.9 Å². The van der Waals surface area contributed by atoms with Gasteiger partial charge in [-0.1, -0.05) is 12.1 Å². The summed E-state index contributed by atoms with van der Waals surface area (Å²) in [6.45, 7) is 2.38. The number of pyridine rings is 1. The van der Waals surface area contributed by atoms with E-state index in [2.05, 4.69) is 36.9 Å². The number of methoxy groups -OCH3 is 2. The number of nitrogens with zero attached hydrogens (tertiary/aromatic N) is 7. The van der Waals surface area contributed by atoms with Gasteiger partial charge in [0.1, 0.15) is 11.6 Å². The van der Waals surface area contributed by atoms with Crippen LogP contribution in [0.25, 0.3) is 16.8 Å². The zero-order valence-corrected chi connectivity index (χ0v) is 19.6. The standard InChI is InChI=1S/C26H25N7O2/c1-34-20-7-5-18(6-8-20)16-33-23-9-12-31(17-19(23)14-28-33)24-10-13-32-25(30-24)22(15-29-32)21-4-3-11-27-26(21)35-2/h3-8,10-11,13-15H,9,12,16-17H2,1-2H3. The van der Waals surface area contributed by atoms with Crippen molar-refractivity contribution in [2.45, 2.75) is 19.5 Å². The Labute approximate surface area is 202 Å². The van der Waals surface area contributed by atoms with Crippen LogP contribution in [0.3, 0.4) is 0 Å². The molecule has 176 valence electrons. The van der Waals surface area contributed by atoms with E-state index in [0.717, 1.165) is 54.4 Å². The number of aromatic nitrogens is 6. The van der Waals surface area contributed by atoms with Crippen molar-refractivity contribution in [2.24, 2.45) is 0 Å². The zero-order chi connectivity index (χ0) is 23.8. The van der Waals surface area contributed by atoms with Gasteiger partial charge in [-0.3, -0.25) is 4.68 Å². The first kappa shape index (κ1) is 21.2. The predicted molar refractivity (Wildman–Crippen MR) is 132 cm³/mol. The number of hydrogen-bond acceptors (Lipinski definition) is 7. The van der Waals surface area contributed by atoms with E-state index in [4.69, 9.17) is 14.5 Å². The summed E-state index contributed by atoms with van der Waals surface area (Å²) in [4.78, 5) is 11.6. The van der Waals surface area contributed by atoms with Gasteiger partial charge in [-0.2, -0.15) is 10.2 Å². The van der Waals surface area contributed by atoms with E-state index in [1.165, 1.54) is 16.8 Å². The van der Waals surface area contributed by atoms with Gasteiger partial charge in [0.05, 0.1) is 38.7 Å². The van der Waals surface area contributed by atoms with Crippen molar-refractivity contribution in [2.75, 3.05) is 25.7 Å². The normalized spacial score (nSPS) is 13.1. The Bertz CT molecular complexity index is 1490. The molecule has 1 aromatic carbocycles. The molecule has 0 amide bonds. The van der Waals surface area contributed by atoms with Crippen molar-refractivity contribution in [3.05, 3.63) is 84.1 Å². The maximum absolute atomic E-state index is 5.46. The molecule has 9 heteroatoms. The zero-order valence-electron chi connectivity index (χ0n) is 19.6. The molecule has 0 fully saturated rings. The Morgan fingerprint density at radius 3 is 2.66 bits per heavy atom. The van der Waals surface area contributed by atoms with Crippen molar-refractivity contribution in [3.8, 4) is 22.8 Å². The van der Waals surface area contributed by atoms with Crippen LogP contribution in [-0.2, 0) is 19.5 Å². The second kappa shape index (κ2) is 8.75. The van der Waals surface area contributed by atoms with E-state index in [9.17, 15) is 0 Å². The van der Waals surface area contributed by atoms with Crippen LogP contribution >= 0.6 is 0 Å². The summed E-state index contributed by atoms with van der Waals surface area (Å²) in [6, 6.07) is 14.0. The van der Waals surface area contributed by atoms with Crippen molar-refractivity contribution < 1.29 is 9.47 Å². The molecule has 0 N–H and O–H groups in total. The van der Waals surface area contributed by atoms with E-state index in [-0.39, 0.29) is 0 Å². The Balaban J connectivity index is 1.26. The molecule has 0 atom stereocenters. The van der Waals surface area contributed by atoms with Crippen LogP contribution < -0.4 is 14.4 Å². The third-order valence-corrected chi connectivity index (χ3v) is 6.44. The molecule has 0 bridgehead atoms. The van der Waals surface area contributed by atoms with Gasteiger partial charge in [-0.25, -0.2) is 14.5 Å². The van der Waals surface area contributed by atoms with Crippen molar-refractivity contribution in [1.82, 2.24) is 29.4 Å². The van der Waals surface area contributed by atoms with Crippen molar-refractivity contribution in [1.29, 1.82) is 0 Å². The Kier molecular flexibility index (Phi) is 5.29. The highest BCUT2D eigenvalue weighted by molar-refractivity contribution is 5.80. The minimum Gasteiger partial charge on any atom is -0.497 e. The third-order valence-electron chi connectivity index (χ3n) is 6.44. The Morgan fingerprint density at radius 1 is 0.943 bits per heavy atom. The molecule has 4 aromatic heterocycles. The molecule has 35 heavy (non-hydrogen) atoms. The molecule has 0 saturated carbocycles. The molecular weight excluding hydrogens is 442 g/mol. The second-order valence-corrected chi connectivity index (χ2v) is 8.47. The molecule has 9 nitrogen and oxygen atoms in total. The van der Waals surface area contributed by atoms with Crippen molar-refractivity contribution >= 4 is 11.5 Å². The minimum absolute atomic E-state index is 0.557. The highest BCUT2D eigenvalue weighted by Gasteiger charge is 2.23. The van der Waals surface area contributed by atoms with Gasteiger partial charge in [-0.15, -0.1) is 0 Å². The van der Waals surface area contributed by atoms with Crippen LogP contribution in [0.4, 0.5) is 5.82 Å². The highest BCUT2D eigenvalue weighted by atomic mass is 16.5. The summed E-state index contributed by atoms with van der Waals surface area (Å²) in [5, 5.41) is 9.16. The topological polar surface area (TPSA) is 82.6 Å². The molecule has 0 saturated heterocycles. The fraction of sp³-hybridized carbons (Fsp3) is 0.231. The lowest BCUT2D eigenvalue weighted by molar-refractivity contribution is 0.400. The number of hydrogen-bond donors (Lipinski definition) is 0. The molecule has 6 rings (SSSR count). The highest BCUT2D eigenvalue weighted by Crippen LogP contribution is 2.31. The van der Waals surface area contributed by atoms with Gasteiger partial charge in [0.15, 0.2) is 5.65 Å². The maximum Gasteiger partial charge on any atom is 0.221 e. The third kappa shape index (κ3) is 3.84. The summed E-state index contributed by atoms with van der Waals surface area (Å²) >= 11 is 0. The monoisotopic (exact) mass is 467 g/mol. The molecule has 0 radical (unpaired) electrons. The van der Waals surface area contributed by atoms with Crippen LogP contribution in [0.5, 0.6) is 11.6 Å². The van der Waals surface area contributed by atoms with Gasteiger partial charge in [0, 0.05) is 48.7 Å². The van der Waals surface area contributed by atoms with Crippen LogP contribution in [-0.4, -0.2) is 50.1 Å². The van der Waals surface area contributed by atoms with E-state index < -0.39 is 0 Å². The maximum atomic E-state index is 5.46. The smallest absolute Gasteiger partial charge is 0.221 e. The molecule has 5 aromatic rings. The first-order valence-corrected chi connectivity index (χ1v) is 11.5.